The van der Waals surface area contributed by atoms with Crippen LogP contribution in [0.15, 0.2) is 426 Å². The van der Waals surface area contributed by atoms with Crippen LogP contribution in [-0.4, -0.2) is 19.1 Å². The maximum Gasteiger partial charge on any atom is 0.161 e. The van der Waals surface area contributed by atoms with E-state index in [0.717, 1.165) is 50.6 Å². The van der Waals surface area contributed by atoms with Crippen molar-refractivity contribution in [3.63, 3.8) is 0 Å². The maximum atomic E-state index is 5.36. The third-order valence-corrected chi connectivity index (χ3v) is 26.4. The first-order chi connectivity index (χ1) is 56.1. The van der Waals surface area contributed by atoms with Crippen LogP contribution in [0, 0.1) is 0 Å². The van der Waals surface area contributed by atoms with Gasteiger partial charge < -0.3 is 14.0 Å². The van der Waals surface area contributed by atoms with Crippen LogP contribution in [0.25, 0.3) is 122 Å². The Hall–Kier alpha value is -13.8. The lowest BCUT2D eigenvalue weighted by Crippen LogP contribution is -2.37. The highest BCUT2D eigenvalue weighted by atomic mass is 32.2. The second-order valence-corrected chi connectivity index (χ2v) is 31.8. The Bertz CT molecular complexity index is 7150. The third kappa shape index (κ3) is 9.75. The zero-order chi connectivity index (χ0) is 74.3. The van der Waals surface area contributed by atoms with Gasteiger partial charge in [-0.3, -0.25) is 0 Å². The van der Waals surface area contributed by atoms with Gasteiger partial charge >= 0.3 is 0 Å². The van der Waals surface area contributed by atoms with Crippen LogP contribution >= 0.6 is 23.5 Å². The van der Waals surface area contributed by atoms with E-state index in [1.54, 1.807) is 0 Å². The van der Waals surface area contributed by atoms with Gasteiger partial charge in [-0.2, -0.15) is 0 Å². The van der Waals surface area contributed by atoms with E-state index in [0.29, 0.717) is 0 Å². The number of anilines is 3. The average Bonchev–Trinajstić information content (AvgIpc) is 1.67. The minimum atomic E-state index is -0.549. The fraction of sp³-hybridized carbons (Fsp3) is 0.0189. The van der Waals surface area contributed by atoms with Crippen molar-refractivity contribution in [3.05, 3.63) is 451 Å². The Labute approximate surface area is 663 Å². The van der Waals surface area contributed by atoms with Gasteiger partial charge in [0, 0.05) is 74.7 Å². The molecule has 4 aliphatic rings. The molecule has 4 aliphatic heterocycles. The summed E-state index contributed by atoms with van der Waals surface area (Å²) in [7, 11) is 0. The van der Waals surface area contributed by atoms with E-state index in [1.165, 1.54) is 152 Å². The normalized spacial score (nSPS) is 15.1. The van der Waals surface area contributed by atoms with Crippen LogP contribution in [0.4, 0.5) is 17.1 Å². The van der Waals surface area contributed by atoms with E-state index in [1.807, 2.05) is 23.5 Å². The zero-order valence-electron chi connectivity index (χ0n) is 61.2. The summed E-state index contributed by atoms with van der Waals surface area (Å²) in [5.41, 5.74) is 31.5. The molecule has 528 valence electrons. The summed E-state index contributed by atoms with van der Waals surface area (Å²) in [6.45, 7) is 0. The molecule has 113 heavy (non-hydrogen) atoms. The van der Waals surface area contributed by atoms with Crippen molar-refractivity contribution < 1.29 is 0 Å². The van der Waals surface area contributed by atoms with Gasteiger partial charge in [0.2, 0.25) is 0 Å². The SMILES string of the molecule is c1ccc(-c2ccc(N(c3ccc(-c4ccccc4)cc3)c3ccc(-c4cccc5c4Sc4ccccc4C54c5ccccc5-n5c6ccccc6c6cccc4c65)cc3)cc2)cc1.c1ccc(-c2nc(-c3cccc4c3Sc3ccccc3C43c4ccccc4-n4c5ccccc5c5cccc3c54)nc3ccccc23)cc1. The van der Waals surface area contributed by atoms with Gasteiger partial charge in [0.15, 0.2) is 5.82 Å². The first-order valence-electron chi connectivity index (χ1n) is 38.7. The Kier molecular flexibility index (Phi) is 14.9. The third-order valence-electron chi connectivity index (χ3n) is 23.9. The van der Waals surface area contributed by atoms with Crippen molar-refractivity contribution in [3.8, 4) is 67.4 Å². The summed E-state index contributed by atoms with van der Waals surface area (Å²) in [4.78, 5) is 18.0. The van der Waals surface area contributed by atoms with Crippen LogP contribution in [-0.2, 0) is 10.8 Å². The molecule has 2 spiro atoms. The average molecular weight is 1470 g/mol. The van der Waals surface area contributed by atoms with E-state index in [2.05, 4.69) is 420 Å². The molecule has 0 fully saturated rings. The largest absolute Gasteiger partial charge is 0.311 e. The fourth-order valence-corrected chi connectivity index (χ4v) is 21.8. The van der Waals surface area contributed by atoms with Crippen LogP contribution < -0.4 is 4.90 Å². The first-order valence-corrected chi connectivity index (χ1v) is 40.3. The predicted octanol–water partition coefficient (Wildman–Crippen LogP) is 27.6. The van der Waals surface area contributed by atoms with Gasteiger partial charge in [-0.1, -0.05) is 351 Å². The van der Waals surface area contributed by atoms with Gasteiger partial charge in [0.1, 0.15) is 0 Å². The molecule has 2 atom stereocenters. The van der Waals surface area contributed by atoms with Crippen LogP contribution in [0.3, 0.4) is 0 Å². The van der Waals surface area contributed by atoms with E-state index >= 15 is 0 Å². The van der Waals surface area contributed by atoms with Crippen molar-refractivity contribution in [2.24, 2.45) is 0 Å². The van der Waals surface area contributed by atoms with E-state index in [4.69, 9.17) is 9.97 Å². The molecule has 0 saturated carbocycles. The molecular formula is C106H67N5S2. The molecule has 0 aliphatic carbocycles. The lowest BCUT2D eigenvalue weighted by molar-refractivity contribution is 0.690. The highest BCUT2D eigenvalue weighted by Crippen LogP contribution is 2.64. The van der Waals surface area contributed by atoms with Crippen molar-refractivity contribution in [2.75, 3.05) is 4.90 Å². The molecule has 0 saturated heterocycles. The molecule has 3 aromatic heterocycles. The zero-order valence-corrected chi connectivity index (χ0v) is 62.9. The van der Waals surface area contributed by atoms with E-state index in [-0.39, 0.29) is 0 Å². The van der Waals surface area contributed by atoms with Crippen molar-refractivity contribution in [1.29, 1.82) is 0 Å². The van der Waals surface area contributed by atoms with E-state index < -0.39 is 10.8 Å². The fourth-order valence-electron chi connectivity index (χ4n) is 19.2. The Morgan fingerprint density at radius 3 is 1.10 bits per heavy atom. The maximum absolute atomic E-state index is 5.36. The monoisotopic (exact) mass is 1470 g/mol. The Morgan fingerprint density at radius 2 is 0.593 bits per heavy atom. The number of fused-ring (bicyclic) bond motifs is 23. The van der Waals surface area contributed by atoms with Crippen LogP contribution in [0.1, 0.15) is 44.5 Å². The van der Waals surface area contributed by atoms with Crippen LogP contribution in [0.5, 0.6) is 0 Å². The molecule has 7 heteroatoms. The van der Waals surface area contributed by atoms with E-state index in [9.17, 15) is 0 Å². The highest BCUT2D eigenvalue weighted by Gasteiger charge is 2.52. The highest BCUT2D eigenvalue weighted by molar-refractivity contribution is 8.00. The molecule has 0 bridgehead atoms. The first kappa shape index (κ1) is 65.1. The Balaban J connectivity index is 0.000000139. The summed E-state index contributed by atoms with van der Waals surface area (Å²) in [6.07, 6.45) is 0. The van der Waals surface area contributed by atoms with Crippen LogP contribution in [0.2, 0.25) is 0 Å². The summed E-state index contributed by atoms with van der Waals surface area (Å²) in [5.74, 6) is 0.743. The number of hydrogen-bond acceptors (Lipinski definition) is 5. The standard InChI is InChI=1S/C61H40N2S.C45H27N3S/c1-3-15-41(16-4-1)43-29-35-46(36-30-43)62(47-37-31-44(32-38-47)42-17-5-2-6-18-42)48-39-33-45(34-40-48)49-20-13-25-55-60(49)64-58-28-12-9-23-53(58)61(55)52-22-8-11-27-57(52)63-56-26-10-7-19-50(56)51-21-14-24-54(61)59(51)63;1-2-14-28(15-3-1)41-31-17-4-8-24-37(31)46-44(47-41)32-19-13-23-36-43(32)49-40-27-11-7-21-34(40)45(36)33-20-6-10-26-39(33)48-38-25-9-5-16-29(38)30-18-12-22-35(45)42(30)48/h1-40H;1-27H. The summed E-state index contributed by atoms with van der Waals surface area (Å²) < 4.78 is 5.01. The molecule has 20 aromatic rings. The summed E-state index contributed by atoms with van der Waals surface area (Å²) >= 11 is 3.75. The van der Waals surface area contributed by atoms with Gasteiger partial charge in [-0.15, -0.1) is 0 Å². The minimum Gasteiger partial charge on any atom is -0.311 e. The topological polar surface area (TPSA) is 38.9 Å². The number of rotatable bonds is 8. The van der Waals surface area contributed by atoms with Gasteiger partial charge in [-0.25, -0.2) is 9.97 Å². The molecule has 0 amide bonds. The number of benzene rings is 17. The second kappa shape index (κ2) is 25.9. The van der Waals surface area contributed by atoms with Gasteiger partial charge in [-0.05, 0) is 157 Å². The number of para-hydroxylation sites is 7. The lowest BCUT2D eigenvalue weighted by atomic mass is 9.62. The Morgan fingerprint density at radius 1 is 0.239 bits per heavy atom. The van der Waals surface area contributed by atoms with Crippen molar-refractivity contribution in [2.45, 2.75) is 30.4 Å². The molecule has 0 N–H and O–H groups in total. The molecule has 5 nitrogen and oxygen atoms in total. The molecular weight excluding hydrogens is 1410 g/mol. The quantitative estimate of drug-likeness (QED) is 0.152. The molecule has 7 heterocycles. The van der Waals surface area contributed by atoms with Gasteiger partial charge in [0.25, 0.3) is 0 Å². The summed E-state index contributed by atoms with van der Waals surface area (Å²) in [6, 6.07) is 149. The number of nitrogens with zero attached hydrogens (tertiary/aromatic N) is 5. The number of hydrogen-bond donors (Lipinski definition) is 0. The van der Waals surface area contributed by atoms with Gasteiger partial charge in [0.05, 0.1) is 55.5 Å². The number of aromatic nitrogens is 4. The summed E-state index contributed by atoms with van der Waals surface area (Å²) in [5, 5.41) is 6.18. The smallest absolute Gasteiger partial charge is 0.161 e. The van der Waals surface area contributed by atoms with Crippen molar-refractivity contribution >= 4 is 95.1 Å². The lowest BCUT2D eigenvalue weighted by Gasteiger charge is -2.45. The minimum absolute atomic E-state index is 0.526. The molecule has 0 radical (unpaired) electrons. The van der Waals surface area contributed by atoms with Crippen molar-refractivity contribution in [1.82, 2.24) is 19.1 Å². The predicted molar refractivity (Wildman–Crippen MR) is 469 cm³/mol. The molecule has 17 aromatic carbocycles. The second-order valence-electron chi connectivity index (χ2n) is 29.7. The molecule has 24 rings (SSSR count). The molecule has 2 unspecified atom stereocenters.